The number of hydrogen-bond donors (Lipinski definition) is 0. The van der Waals surface area contributed by atoms with Crippen molar-refractivity contribution in [1.82, 2.24) is 0 Å². The minimum absolute atomic E-state index is 1.06. The van der Waals surface area contributed by atoms with Crippen LogP contribution in [0.5, 0.6) is 0 Å². The number of nitrogens with zero attached hydrogens (tertiary/aromatic N) is 1. The second-order valence-corrected chi connectivity index (χ2v) is 9.66. The largest absolute Gasteiger partial charge is 0.309 e. The van der Waals surface area contributed by atoms with Crippen LogP contribution < -0.4 is 4.90 Å². The second-order valence-electron chi connectivity index (χ2n) is 7.04. The lowest BCUT2D eigenvalue weighted by atomic mass is 10.0. The highest BCUT2D eigenvalue weighted by atomic mass is 79.9. The molecule has 4 heteroatoms. The first kappa shape index (κ1) is 19.8. The fraction of sp³-hybridized carbons (Fsp3) is 0. The van der Waals surface area contributed by atoms with Crippen LogP contribution in [0.4, 0.5) is 17.1 Å². The van der Waals surface area contributed by atoms with Crippen LogP contribution >= 0.6 is 47.8 Å². The van der Waals surface area contributed by atoms with Gasteiger partial charge in [-0.15, -0.1) is 0 Å². The fourth-order valence-corrected chi connectivity index (χ4v) is 5.10. The van der Waals surface area contributed by atoms with Gasteiger partial charge < -0.3 is 4.90 Å². The lowest BCUT2D eigenvalue weighted by molar-refractivity contribution is 1.31. The fourth-order valence-electron chi connectivity index (χ4n) is 3.88. The Bertz CT molecular complexity index is 1290. The minimum Gasteiger partial charge on any atom is -0.309 e. The van der Waals surface area contributed by atoms with E-state index in [4.69, 9.17) is 0 Å². The molecule has 146 valence electrons. The number of rotatable bonds is 3. The van der Waals surface area contributed by atoms with Crippen molar-refractivity contribution < 1.29 is 0 Å². The number of benzene rings is 5. The Labute approximate surface area is 200 Å². The number of fused-ring (bicyclic) bond motifs is 2. The zero-order valence-corrected chi connectivity index (χ0v) is 20.6. The molecule has 0 bridgehead atoms. The molecule has 5 aromatic carbocycles. The van der Waals surface area contributed by atoms with E-state index in [2.05, 4.69) is 150 Å². The van der Waals surface area contributed by atoms with Gasteiger partial charge in [-0.25, -0.2) is 0 Å². The summed E-state index contributed by atoms with van der Waals surface area (Å²) in [5, 5.41) is 4.78. The predicted octanol–water partition coefficient (Wildman–Crippen LogP) is 9.75. The number of anilines is 3. The van der Waals surface area contributed by atoms with Gasteiger partial charge in [0.05, 0.1) is 11.4 Å². The van der Waals surface area contributed by atoms with E-state index in [9.17, 15) is 0 Å². The van der Waals surface area contributed by atoms with Crippen molar-refractivity contribution in [2.75, 3.05) is 4.90 Å². The van der Waals surface area contributed by atoms with E-state index in [1.165, 1.54) is 21.5 Å². The zero-order valence-electron chi connectivity index (χ0n) is 15.8. The summed E-state index contributed by atoms with van der Waals surface area (Å²) in [4.78, 5) is 2.34. The van der Waals surface area contributed by atoms with Gasteiger partial charge in [0, 0.05) is 29.9 Å². The SMILES string of the molecule is Brc1ccc(N(c2ccc(Br)c3ccccc23)c2ccc(Br)c3ccccc23)cc1. The third-order valence-corrected chi connectivity index (χ3v) is 7.17. The molecule has 0 spiro atoms. The normalized spacial score (nSPS) is 11.2. The third-order valence-electron chi connectivity index (χ3n) is 5.26. The lowest BCUT2D eigenvalue weighted by Crippen LogP contribution is -2.11. The molecule has 0 aliphatic heterocycles. The van der Waals surface area contributed by atoms with E-state index in [0.717, 1.165) is 30.5 Å². The van der Waals surface area contributed by atoms with Crippen molar-refractivity contribution >= 4 is 86.4 Å². The Morgan fingerprint density at radius 2 is 0.867 bits per heavy atom. The van der Waals surface area contributed by atoms with Crippen LogP contribution in [-0.4, -0.2) is 0 Å². The van der Waals surface area contributed by atoms with E-state index < -0.39 is 0 Å². The van der Waals surface area contributed by atoms with Crippen LogP contribution in [0, 0.1) is 0 Å². The highest BCUT2D eigenvalue weighted by Crippen LogP contribution is 2.44. The summed E-state index contributed by atoms with van der Waals surface area (Å²) in [6.45, 7) is 0. The van der Waals surface area contributed by atoms with Crippen LogP contribution in [0.1, 0.15) is 0 Å². The molecule has 0 saturated heterocycles. The Morgan fingerprint density at radius 1 is 0.433 bits per heavy atom. The van der Waals surface area contributed by atoms with Crippen molar-refractivity contribution in [1.29, 1.82) is 0 Å². The maximum atomic E-state index is 3.72. The molecule has 5 aromatic rings. The summed E-state index contributed by atoms with van der Waals surface area (Å²) in [7, 11) is 0. The van der Waals surface area contributed by atoms with Gasteiger partial charge >= 0.3 is 0 Å². The van der Waals surface area contributed by atoms with Crippen molar-refractivity contribution in [3.63, 3.8) is 0 Å². The topological polar surface area (TPSA) is 3.24 Å². The maximum Gasteiger partial charge on any atom is 0.0541 e. The van der Waals surface area contributed by atoms with Gasteiger partial charge in [-0.3, -0.25) is 0 Å². The Hall–Kier alpha value is -2.14. The molecule has 0 saturated carbocycles. The minimum atomic E-state index is 1.06. The quantitative estimate of drug-likeness (QED) is 0.205. The standard InChI is InChI=1S/C26H16Br3N/c27-17-9-11-18(12-10-17)30(25-15-13-23(28)19-5-1-3-7-21(19)25)26-16-14-24(29)20-6-2-4-8-22(20)26/h1-16H. The Morgan fingerprint density at radius 3 is 1.33 bits per heavy atom. The monoisotopic (exact) mass is 579 g/mol. The molecular formula is C26H16Br3N. The van der Waals surface area contributed by atoms with E-state index in [1.54, 1.807) is 0 Å². The van der Waals surface area contributed by atoms with Crippen molar-refractivity contribution in [3.05, 3.63) is 110 Å². The van der Waals surface area contributed by atoms with E-state index in [0.29, 0.717) is 0 Å². The number of halogens is 3. The molecule has 0 unspecified atom stereocenters. The average Bonchev–Trinajstić information content (AvgIpc) is 2.78. The highest BCUT2D eigenvalue weighted by molar-refractivity contribution is 9.11. The van der Waals surface area contributed by atoms with Crippen molar-refractivity contribution in [2.45, 2.75) is 0 Å². The Balaban J connectivity index is 1.86. The summed E-state index contributed by atoms with van der Waals surface area (Å²) >= 11 is 11.0. The molecule has 0 heterocycles. The average molecular weight is 582 g/mol. The first-order valence-electron chi connectivity index (χ1n) is 9.54. The molecular weight excluding hydrogens is 566 g/mol. The van der Waals surface area contributed by atoms with E-state index in [1.807, 2.05) is 0 Å². The number of hydrogen-bond acceptors (Lipinski definition) is 1. The molecule has 5 rings (SSSR count). The third kappa shape index (κ3) is 3.47. The van der Waals surface area contributed by atoms with Gasteiger partial charge in [-0.2, -0.15) is 0 Å². The first-order valence-corrected chi connectivity index (χ1v) is 11.9. The van der Waals surface area contributed by atoms with Crippen LogP contribution in [0.2, 0.25) is 0 Å². The van der Waals surface area contributed by atoms with Crippen LogP contribution in [0.25, 0.3) is 21.5 Å². The summed E-state index contributed by atoms with van der Waals surface area (Å²) < 4.78 is 3.25. The van der Waals surface area contributed by atoms with Crippen molar-refractivity contribution in [3.8, 4) is 0 Å². The zero-order chi connectivity index (χ0) is 20.7. The molecule has 1 nitrogen and oxygen atoms in total. The van der Waals surface area contributed by atoms with Gasteiger partial charge in [0.25, 0.3) is 0 Å². The smallest absolute Gasteiger partial charge is 0.0541 e. The molecule has 0 atom stereocenters. The summed E-state index contributed by atoms with van der Waals surface area (Å²) in [6, 6.07) is 34.1. The van der Waals surface area contributed by atoms with Crippen LogP contribution in [0.15, 0.2) is 110 Å². The summed E-state index contributed by atoms with van der Waals surface area (Å²) in [5.74, 6) is 0. The van der Waals surface area contributed by atoms with Crippen molar-refractivity contribution in [2.24, 2.45) is 0 Å². The Kier molecular flexibility index (Phi) is 5.40. The maximum absolute atomic E-state index is 3.72. The lowest BCUT2D eigenvalue weighted by Gasteiger charge is -2.28. The van der Waals surface area contributed by atoms with Crippen LogP contribution in [0.3, 0.4) is 0 Å². The molecule has 0 aromatic heterocycles. The summed E-state index contributed by atoms with van der Waals surface area (Å²) in [6.07, 6.45) is 0. The predicted molar refractivity (Wildman–Crippen MR) is 139 cm³/mol. The van der Waals surface area contributed by atoms with Gasteiger partial charge in [0.1, 0.15) is 0 Å². The summed E-state index contributed by atoms with van der Waals surface area (Å²) in [5.41, 5.74) is 3.39. The van der Waals surface area contributed by atoms with Gasteiger partial charge in [-0.05, 0) is 59.3 Å². The second kappa shape index (κ2) is 8.18. The molecule has 0 radical (unpaired) electrons. The molecule has 0 aliphatic rings. The molecule has 30 heavy (non-hydrogen) atoms. The van der Waals surface area contributed by atoms with Gasteiger partial charge in [-0.1, -0.05) is 96.3 Å². The van der Waals surface area contributed by atoms with Crippen LogP contribution in [-0.2, 0) is 0 Å². The molecule has 0 fully saturated rings. The van der Waals surface area contributed by atoms with E-state index >= 15 is 0 Å². The van der Waals surface area contributed by atoms with Gasteiger partial charge in [0.2, 0.25) is 0 Å². The molecule has 0 amide bonds. The molecule has 0 N–H and O–H groups in total. The van der Waals surface area contributed by atoms with E-state index in [-0.39, 0.29) is 0 Å². The first-order chi connectivity index (χ1) is 14.6. The van der Waals surface area contributed by atoms with Gasteiger partial charge in [0.15, 0.2) is 0 Å². The molecule has 0 aliphatic carbocycles. The highest BCUT2D eigenvalue weighted by Gasteiger charge is 2.18.